The van der Waals surface area contributed by atoms with Crippen molar-refractivity contribution >= 4 is 7.37 Å². The van der Waals surface area contributed by atoms with Crippen LogP contribution in [0.5, 0.6) is 0 Å². The third-order valence-corrected chi connectivity index (χ3v) is 3.53. The van der Waals surface area contributed by atoms with Gasteiger partial charge in [0.2, 0.25) is 8.80 Å². The van der Waals surface area contributed by atoms with Gasteiger partial charge in [-0.25, -0.2) is 0 Å². The third kappa shape index (κ3) is 12.3. The number of rotatable bonds is 13. The highest BCUT2D eigenvalue weighted by molar-refractivity contribution is 7.58. The number of aliphatic hydroxyl groups excluding tert-OH is 1. The van der Waals surface area contributed by atoms with Crippen molar-refractivity contribution in [1.82, 2.24) is 0 Å². The highest BCUT2D eigenvalue weighted by atomic mass is 31.2. The second kappa shape index (κ2) is 11.1. The van der Waals surface area contributed by atoms with Gasteiger partial charge in [0.05, 0.1) is 49.0 Å². The Bertz CT molecular complexity index is 269. The third-order valence-electron chi connectivity index (χ3n) is 1.81. The molecule has 0 aliphatic heterocycles. The molecular weight excluding hydrogens is 247 g/mol. The fraction of sp³-hybridized carbons (Fsp3) is 1.00. The van der Waals surface area contributed by atoms with Crippen molar-refractivity contribution in [2.75, 3.05) is 66.1 Å². The summed E-state index contributed by atoms with van der Waals surface area (Å²) in [5.74, 6) is 0. The summed E-state index contributed by atoms with van der Waals surface area (Å²) in [6, 6.07) is 0. The molecule has 0 aliphatic carbocycles. The molecule has 2 atom stereocenters. The average Bonchev–Trinajstić information content (AvgIpc) is 2.37. The molecule has 104 valence electrons. The van der Waals surface area contributed by atoms with Crippen LogP contribution < -0.4 is 0 Å². The van der Waals surface area contributed by atoms with Crippen LogP contribution in [-0.4, -0.2) is 72.7 Å². The van der Waals surface area contributed by atoms with Crippen molar-refractivity contribution in [2.24, 2.45) is 0 Å². The van der Waals surface area contributed by atoms with Gasteiger partial charge in [-0.05, 0) is 0 Å². The lowest BCUT2D eigenvalue weighted by Crippen LogP contribution is -2.10. The number of hydrogen-bond donors (Lipinski definition) is 1. The van der Waals surface area contributed by atoms with Crippen molar-refractivity contribution in [3.8, 4) is 0 Å². The normalized spacial score (nSPS) is 19.0. The van der Waals surface area contributed by atoms with Gasteiger partial charge in [0.15, 0.2) is 0 Å². The Balaban J connectivity index is 3.42. The van der Waals surface area contributed by atoms with Gasteiger partial charge in [0.25, 0.3) is 0 Å². The summed E-state index contributed by atoms with van der Waals surface area (Å²) in [4.78, 5) is 0. The Morgan fingerprint density at radius 2 is 2.06 bits per heavy atom. The van der Waals surface area contributed by atoms with Crippen LogP contribution in [0.2, 0.25) is 0 Å². The molecule has 0 radical (unpaired) electrons. The second-order valence-electron chi connectivity index (χ2n) is 3.37. The predicted octanol–water partition coefficient (Wildman–Crippen LogP) is 0.583. The minimum absolute atomic E-state index is 0.165. The number of ether oxygens (including phenoxy) is 3. The molecule has 17 heavy (non-hydrogen) atoms. The van der Waals surface area contributed by atoms with E-state index < -0.39 is 14.4 Å². The fourth-order valence-corrected chi connectivity index (χ4v) is 2.00. The van der Waals surface area contributed by atoms with Gasteiger partial charge in [-0.2, -0.15) is 0 Å². The van der Waals surface area contributed by atoms with E-state index in [1.807, 2.05) is 0 Å². The monoisotopic (exact) mass is 274 g/mol. The summed E-state index contributed by atoms with van der Waals surface area (Å²) < 4.78 is 52.1. The van der Waals surface area contributed by atoms with Gasteiger partial charge in [-0.1, -0.05) is 0 Å². The van der Waals surface area contributed by atoms with Crippen LogP contribution in [0.15, 0.2) is 0 Å². The predicted molar refractivity (Wildman–Crippen MR) is 64.9 cm³/mol. The lowest BCUT2D eigenvalue weighted by molar-refractivity contribution is 0.0683. The van der Waals surface area contributed by atoms with Crippen LogP contribution >= 0.6 is 7.37 Å². The average molecular weight is 274 g/mol. The Hall–Kier alpha value is 0.0300. The van der Waals surface area contributed by atoms with E-state index in [1.54, 1.807) is 0 Å². The van der Waals surface area contributed by atoms with Crippen molar-refractivity contribution in [2.45, 2.75) is 0 Å². The van der Waals surface area contributed by atoms with E-state index in [9.17, 15) is 4.57 Å². The molecule has 0 bridgehead atoms. The van der Waals surface area contributed by atoms with Crippen molar-refractivity contribution in [1.29, 1.82) is 1.43 Å². The maximum Gasteiger partial charge on any atom is 0.210 e. The van der Waals surface area contributed by atoms with E-state index in [4.69, 9.17) is 18.2 Å². The van der Waals surface area contributed by atoms with Crippen LogP contribution in [0, 0.1) is 0 Å². The number of hydrogen-bond acceptors (Lipinski definition) is 6. The van der Waals surface area contributed by atoms with E-state index >= 15 is 0 Å². The molecule has 0 saturated carbocycles. The first-order chi connectivity index (χ1) is 9.48. The zero-order chi connectivity index (χ0) is 15.3. The van der Waals surface area contributed by atoms with E-state index in [2.05, 4.69) is 9.85 Å². The van der Waals surface area contributed by atoms with Crippen molar-refractivity contribution in [3.05, 3.63) is 0 Å². The van der Waals surface area contributed by atoms with Crippen molar-refractivity contribution < 1.29 is 31.1 Å². The molecule has 0 rings (SSSR count). The van der Waals surface area contributed by atoms with Crippen LogP contribution in [0.3, 0.4) is 0 Å². The largest absolute Gasteiger partial charge is 0.394 e. The van der Waals surface area contributed by atoms with Gasteiger partial charge in [0.1, 0.15) is 0 Å². The molecular formula is C10H23O6P. The van der Waals surface area contributed by atoms with E-state index in [0.29, 0.717) is 13.2 Å². The van der Waals surface area contributed by atoms with Gasteiger partial charge >= 0.3 is 0 Å². The zero-order valence-electron chi connectivity index (χ0n) is 13.1. The van der Waals surface area contributed by atoms with Gasteiger partial charge < -0.3 is 23.8 Å². The molecule has 0 amide bonds. The Morgan fingerprint density at radius 1 is 1.29 bits per heavy atom. The van der Waals surface area contributed by atoms with Crippen LogP contribution in [-0.2, 0) is 23.3 Å². The first-order valence-electron chi connectivity index (χ1n) is 6.95. The smallest absolute Gasteiger partial charge is 0.210 e. The molecule has 2 unspecified atom stereocenters. The summed E-state index contributed by atoms with van der Waals surface area (Å²) >= 11 is 0. The molecule has 0 heterocycles. The molecule has 0 aromatic rings. The van der Waals surface area contributed by atoms with Gasteiger partial charge in [-0.15, -0.1) is 0 Å². The van der Waals surface area contributed by atoms with Crippen molar-refractivity contribution in [3.63, 3.8) is 0 Å². The minimum Gasteiger partial charge on any atom is -0.394 e. The van der Waals surface area contributed by atoms with E-state index in [0.717, 1.165) is 0 Å². The van der Waals surface area contributed by atoms with E-state index in [-0.39, 0.29) is 39.2 Å². The molecule has 6 nitrogen and oxygen atoms in total. The molecule has 7 heteroatoms. The molecule has 0 aromatic heterocycles. The molecule has 0 spiro atoms. The number of methoxy groups -OCH3 is 1. The summed E-state index contributed by atoms with van der Waals surface area (Å²) in [7, 11) is -4.01. The molecule has 0 saturated heterocycles. The summed E-state index contributed by atoms with van der Waals surface area (Å²) in [5.41, 5.74) is 0. The summed E-state index contributed by atoms with van der Waals surface area (Å²) in [6.45, 7) is 3.23. The SMILES string of the molecule is [2H]OCCOCCOP(C)(=O)CCOCCOC([2H])[3H]. The quantitative estimate of drug-likeness (QED) is 0.391. The van der Waals surface area contributed by atoms with Crippen LogP contribution in [0.1, 0.15) is 2.74 Å². The first-order valence-corrected chi connectivity index (χ1v) is 7.64. The Morgan fingerprint density at radius 3 is 2.82 bits per heavy atom. The molecule has 0 aliphatic rings. The van der Waals surface area contributed by atoms with Gasteiger partial charge in [0, 0.05) is 19.9 Å². The Labute approximate surface area is 107 Å². The maximum atomic E-state index is 11.9. The second-order valence-corrected chi connectivity index (χ2v) is 6.10. The lowest BCUT2D eigenvalue weighted by atomic mass is 10.7. The van der Waals surface area contributed by atoms with Crippen LogP contribution in [0.25, 0.3) is 0 Å². The topological polar surface area (TPSA) is 74.2 Å². The highest BCUT2D eigenvalue weighted by Crippen LogP contribution is 2.41. The zero-order valence-corrected chi connectivity index (χ0v) is 11.0. The standard InChI is InChI=1S/C10H23O6P/c1-13-5-6-15-9-10-17(2,12)16-8-7-14-4-3-11/h11H,3-10H2,1-2H3/i1TD,11D. The molecule has 0 fully saturated rings. The number of aliphatic hydroxyl groups is 1. The highest BCUT2D eigenvalue weighted by Gasteiger charge is 2.15. The summed E-state index contributed by atoms with van der Waals surface area (Å²) in [5, 5.41) is 4.07. The summed E-state index contributed by atoms with van der Waals surface area (Å²) in [6.07, 6.45) is 0.286. The Kier molecular flexibility index (Phi) is 7.92. The molecule has 0 aromatic carbocycles. The maximum absolute atomic E-state index is 11.9. The fourth-order valence-electron chi connectivity index (χ4n) is 0.954. The minimum atomic E-state index is -2.70. The van der Waals surface area contributed by atoms with Gasteiger partial charge in [-0.3, -0.25) is 4.57 Å². The first kappa shape index (κ1) is 12.1. The lowest BCUT2D eigenvalue weighted by Gasteiger charge is -2.14. The van der Waals surface area contributed by atoms with E-state index in [1.165, 1.54) is 6.66 Å². The molecule has 1 N–H and O–H groups in total. The van der Waals surface area contributed by atoms with Crippen LogP contribution in [0.4, 0.5) is 0 Å².